The van der Waals surface area contributed by atoms with Gasteiger partial charge in [0.2, 0.25) is 0 Å². The van der Waals surface area contributed by atoms with Crippen LogP contribution in [0.15, 0.2) is 24.3 Å². The predicted octanol–water partition coefficient (Wildman–Crippen LogP) is 3.74. The normalized spacial score (nSPS) is 16.6. The van der Waals surface area contributed by atoms with E-state index in [4.69, 9.17) is 0 Å². The summed E-state index contributed by atoms with van der Waals surface area (Å²) in [6.45, 7) is 8.81. The number of benzene rings is 1. The molecule has 1 aromatic carbocycles. The quantitative estimate of drug-likeness (QED) is 0.788. The van der Waals surface area contributed by atoms with E-state index in [0.29, 0.717) is 6.04 Å². The first-order valence-electron chi connectivity index (χ1n) is 7.40. The maximum Gasteiger partial charge on any atom is 0.0368 e. The van der Waals surface area contributed by atoms with Crippen LogP contribution in [0.4, 0.5) is 5.69 Å². The molecule has 1 N–H and O–H groups in total. The highest BCUT2D eigenvalue weighted by Crippen LogP contribution is 2.32. The Morgan fingerprint density at radius 2 is 1.83 bits per heavy atom. The Kier molecular flexibility index (Phi) is 4.65. The van der Waals surface area contributed by atoms with E-state index in [2.05, 4.69) is 55.3 Å². The Morgan fingerprint density at radius 1 is 1.17 bits per heavy atom. The van der Waals surface area contributed by atoms with E-state index in [-0.39, 0.29) is 0 Å². The largest absolute Gasteiger partial charge is 0.369 e. The van der Waals surface area contributed by atoms with Crippen molar-refractivity contribution in [1.29, 1.82) is 0 Å². The van der Waals surface area contributed by atoms with Crippen LogP contribution in [0.1, 0.15) is 51.6 Å². The van der Waals surface area contributed by atoms with Gasteiger partial charge in [-0.2, -0.15) is 0 Å². The van der Waals surface area contributed by atoms with Crippen LogP contribution < -0.4 is 10.2 Å². The zero-order valence-corrected chi connectivity index (χ0v) is 11.9. The molecule has 1 aromatic rings. The van der Waals surface area contributed by atoms with E-state index in [1.54, 1.807) is 0 Å². The van der Waals surface area contributed by atoms with Crippen LogP contribution in [0.3, 0.4) is 0 Å². The monoisotopic (exact) mass is 246 g/mol. The third-order valence-electron chi connectivity index (χ3n) is 3.81. The summed E-state index contributed by atoms with van der Waals surface area (Å²) in [7, 11) is 0. The SMILES string of the molecule is CCNC(CC)c1ccc(N(CC)C2CC2)cc1. The second-order valence-electron chi connectivity index (χ2n) is 5.13. The van der Waals surface area contributed by atoms with Gasteiger partial charge in [-0.15, -0.1) is 0 Å². The van der Waals surface area contributed by atoms with Crippen molar-refractivity contribution in [1.82, 2.24) is 5.32 Å². The molecule has 2 nitrogen and oxygen atoms in total. The molecule has 1 fully saturated rings. The summed E-state index contributed by atoms with van der Waals surface area (Å²) in [5.74, 6) is 0. The summed E-state index contributed by atoms with van der Waals surface area (Å²) in [6.07, 6.45) is 3.88. The van der Waals surface area contributed by atoms with E-state index in [1.807, 2.05) is 0 Å². The smallest absolute Gasteiger partial charge is 0.0368 e. The van der Waals surface area contributed by atoms with E-state index in [9.17, 15) is 0 Å². The molecule has 1 aliphatic rings. The number of hydrogen-bond donors (Lipinski definition) is 1. The van der Waals surface area contributed by atoms with Gasteiger partial charge in [-0.25, -0.2) is 0 Å². The van der Waals surface area contributed by atoms with Crippen molar-refractivity contribution < 1.29 is 0 Å². The average Bonchev–Trinajstić information content (AvgIpc) is 3.22. The fourth-order valence-electron chi connectivity index (χ4n) is 2.68. The van der Waals surface area contributed by atoms with Crippen LogP contribution in [0.5, 0.6) is 0 Å². The van der Waals surface area contributed by atoms with Crippen molar-refractivity contribution in [3.63, 3.8) is 0 Å². The molecule has 0 aromatic heterocycles. The van der Waals surface area contributed by atoms with Crippen molar-refractivity contribution >= 4 is 5.69 Å². The van der Waals surface area contributed by atoms with Crippen LogP contribution >= 0.6 is 0 Å². The third kappa shape index (κ3) is 3.05. The van der Waals surface area contributed by atoms with E-state index in [0.717, 1.165) is 25.6 Å². The zero-order chi connectivity index (χ0) is 13.0. The molecule has 0 heterocycles. The van der Waals surface area contributed by atoms with Crippen LogP contribution in [0.25, 0.3) is 0 Å². The highest BCUT2D eigenvalue weighted by atomic mass is 15.2. The Labute approximate surface area is 111 Å². The molecule has 0 aliphatic heterocycles. The highest BCUT2D eigenvalue weighted by Gasteiger charge is 2.27. The topological polar surface area (TPSA) is 15.3 Å². The molecule has 0 radical (unpaired) electrons. The van der Waals surface area contributed by atoms with Gasteiger partial charge >= 0.3 is 0 Å². The average molecular weight is 246 g/mol. The molecule has 2 heteroatoms. The van der Waals surface area contributed by atoms with Gasteiger partial charge in [0.05, 0.1) is 0 Å². The molecule has 18 heavy (non-hydrogen) atoms. The van der Waals surface area contributed by atoms with E-state index < -0.39 is 0 Å². The Balaban J connectivity index is 2.08. The lowest BCUT2D eigenvalue weighted by molar-refractivity contribution is 0.537. The van der Waals surface area contributed by atoms with Gasteiger partial charge in [-0.1, -0.05) is 26.0 Å². The molecule has 2 rings (SSSR count). The molecule has 0 spiro atoms. The number of nitrogens with zero attached hydrogens (tertiary/aromatic N) is 1. The summed E-state index contributed by atoms with van der Waals surface area (Å²) < 4.78 is 0. The maximum atomic E-state index is 3.53. The van der Waals surface area contributed by atoms with Gasteiger partial charge in [0.1, 0.15) is 0 Å². The van der Waals surface area contributed by atoms with E-state index >= 15 is 0 Å². The van der Waals surface area contributed by atoms with Crippen LogP contribution in [0.2, 0.25) is 0 Å². The first-order valence-corrected chi connectivity index (χ1v) is 7.40. The molecule has 1 atom stereocenters. The standard InChI is InChI=1S/C16H26N2/c1-4-16(17-5-2)13-7-9-14(10-8-13)18(6-3)15-11-12-15/h7-10,15-17H,4-6,11-12H2,1-3H3. The summed E-state index contributed by atoms with van der Waals surface area (Å²) >= 11 is 0. The molecule has 1 aliphatic carbocycles. The number of hydrogen-bond acceptors (Lipinski definition) is 2. The lowest BCUT2D eigenvalue weighted by atomic mass is 10.0. The second kappa shape index (κ2) is 6.24. The third-order valence-corrected chi connectivity index (χ3v) is 3.81. The van der Waals surface area contributed by atoms with Gasteiger partial charge in [-0.05, 0) is 50.4 Å². The summed E-state index contributed by atoms with van der Waals surface area (Å²) in [4.78, 5) is 2.53. The van der Waals surface area contributed by atoms with Crippen LogP contribution in [-0.4, -0.2) is 19.1 Å². The number of anilines is 1. The van der Waals surface area contributed by atoms with Crippen molar-refractivity contribution in [2.75, 3.05) is 18.0 Å². The molecule has 0 amide bonds. The number of rotatable bonds is 7. The minimum atomic E-state index is 0.500. The molecule has 1 unspecified atom stereocenters. The second-order valence-corrected chi connectivity index (χ2v) is 5.13. The highest BCUT2D eigenvalue weighted by molar-refractivity contribution is 5.50. The van der Waals surface area contributed by atoms with Crippen LogP contribution in [0, 0.1) is 0 Å². The lowest BCUT2D eigenvalue weighted by Crippen LogP contribution is -2.25. The summed E-state index contributed by atoms with van der Waals surface area (Å²) in [5, 5.41) is 3.53. The van der Waals surface area contributed by atoms with E-state index in [1.165, 1.54) is 24.1 Å². The van der Waals surface area contributed by atoms with Gasteiger partial charge in [0.25, 0.3) is 0 Å². The van der Waals surface area contributed by atoms with Crippen molar-refractivity contribution in [2.45, 2.75) is 52.1 Å². The van der Waals surface area contributed by atoms with Gasteiger partial charge in [0.15, 0.2) is 0 Å². The Hall–Kier alpha value is -1.02. The molecule has 100 valence electrons. The molecular weight excluding hydrogens is 220 g/mol. The van der Waals surface area contributed by atoms with Gasteiger partial charge in [-0.3, -0.25) is 0 Å². The number of nitrogens with one attached hydrogen (secondary N) is 1. The van der Waals surface area contributed by atoms with Crippen molar-refractivity contribution in [2.24, 2.45) is 0 Å². The van der Waals surface area contributed by atoms with Crippen molar-refractivity contribution in [3.05, 3.63) is 29.8 Å². The fourth-order valence-corrected chi connectivity index (χ4v) is 2.68. The van der Waals surface area contributed by atoms with Gasteiger partial charge in [0, 0.05) is 24.3 Å². The Bertz CT molecular complexity index is 354. The maximum absolute atomic E-state index is 3.53. The zero-order valence-electron chi connectivity index (χ0n) is 11.9. The first-order chi connectivity index (χ1) is 8.80. The minimum Gasteiger partial charge on any atom is -0.369 e. The molecule has 0 saturated heterocycles. The molecule has 1 saturated carbocycles. The minimum absolute atomic E-state index is 0.500. The summed E-state index contributed by atoms with van der Waals surface area (Å²) in [6, 6.07) is 10.5. The molecular formula is C16H26N2. The Morgan fingerprint density at radius 3 is 2.28 bits per heavy atom. The fraction of sp³-hybridized carbons (Fsp3) is 0.625. The lowest BCUT2D eigenvalue weighted by Gasteiger charge is -2.24. The van der Waals surface area contributed by atoms with Gasteiger partial charge < -0.3 is 10.2 Å². The van der Waals surface area contributed by atoms with Crippen molar-refractivity contribution in [3.8, 4) is 0 Å². The summed E-state index contributed by atoms with van der Waals surface area (Å²) in [5.41, 5.74) is 2.80. The molecule has 0 bridgehead atoms. The predicted molar refractivity (Wildman–Crippen MR) is 79.2 cm³/mol. The van der Waals surface area contributed by atoms with Crippen LogP contribution in [-0.2, 0) is 0 Å². The first kappa shape index (κ1) is 13.4.